The highest BCUT2D eigenvalue weighted by atomic mass is 35.5. The summed E-state index contributed by atoms with van der Waals surface area (Å²) in [6.45, 7) is 1.52. The number of hydrogen-bond donors (Lipinski definition) is 1. The fourth-order valence-corrected chi connectivity index (χ4v) is 1.59. The number of nitriles is 1. The molecule has 18 heavy (non-hydrogen) atoms. The monoisotopic (exact) mass is 270 g/mol. The Morgan fingerprint density at radius 3 is 2.89 bits per heavy atom. The van der Waals surface area contributed by atoms with Gasteiger partial charge in [-0.2, -0.15) is 5.26 Å². The number of hydrogen-bond acceptors (Lipinski definition) is 3. The summed E-state index contributed by atoms with van der Waals surface area (Å²) < 4.78 is 18.0. The number of ether oxygens (including phenoxy) is 1. The molecular formula is C12H12ClFN2O2. The van der Waals surface area contributed by atoms with Crippen LogP contribution in [0.25, 0.3) is 0 Å². The molecule has 4 nitrogen and oxygen atoms in total. The molecule has 0 spiro atoms. The molecule has 1 unspecified atom stereocenters. The number of nitrogens with zero attached hydrogens (tertiary/aromatic N) is 1. The van der Waals surface area contributed by atoms with Gasteiger partial charge in [-0.1, -0.05) is 17.7 Å². The van der Waals surface area contributed by atoms with Gasteiger partial charge in [0.1, 0.15) is 11.4 Å². The van der Waals surface area contributed by atoms with Crippen LogP contribution in [0.5, 0.6) is 0 Å². The second kappa shape index (κ2) is 5.80. The molecule has 6 heteroatoms. The van der Waals surface area contributed by atoms with Crippen molar-refractivity contribution >= 4 is 17.5 Å². The van der Waals surface area contributed by atoms with Crippen LogP contribution in [-0.4, -0.2) is 25.2 Å². The van der Waals surface area contributed by atoms with Gasteiger partial charge in [0.25, 0.3) is 5.91 Å². The normalized spacial score (nSPS) is 13.5. The molecule has 1 aromatic carbocycles. The third kappa shape index (κ3) is 3.19. The molecule has 1 amide bonds. The van der Waals surface area contributed by atoms with E-state index >= 15 is 0 Å². The molecule has 0 aromatic heterocycles. The number of benzene rings is 1. The number of halogens is 2. The Bertz CT molecular complexity index is 501. The molecule has 0 radical (unpaired) electrons. The zero-order valence-electron chi connectivity index (χ0n) is 9.96. The van der Waals surface area contributed by atoms with E-state index in [4.69, 9.17) is 21.6 Å². The predicted octanol–water partition coefficient (Wildman–Crippen LogP) is 2.14. The average molecular weight is 271 g/mol. The Labute approximate surface area is 109 Å². The van der Waals surface area contributed by atoms with Crippen LogP contribution in [-0.2, 0) is 4.74 Å². The standard InChI is InChI=1S/C12H12ClFN2O2/c1-12(6-15,7-18-2)16-11(17)8-4-3-5-9(14)10(8)13/h3-5H,7H2,1-2H3,(H,16,17). The summed E-state index contributed by atoms with van der Waals surface area (Å²) in [4.78, 5) is 11.9. The van der Waals surface area contributed by atoms with Gasteiger partial charge in [0.2, 0.25) is 0 Å². The predicted molar refractivity (Wildman–Crippen MR) is 64.8 cm³/mol. The third-order valence-electron chi connectivity index (χ3n) is 2.27. The van der Waals surface area contributed by atoms with E-state index in [1.165, 1.54) is 26.2 Å². The quantitative estimate of drug-likeness (QED) is 0.912. The molecule has 0 fully saturated rings. The first-order valence-corrected chi connectivity index (χ1v) is 5.48. The van der Waals surface area contributed by atoms with E-state index in [9.17, 15) is 9.18 Å². The summed E-state index contributed by atoms with van der Waals surface area (Å²) in [6, 6.07) is 5.82. The van der Waals surface area contributed by atoms with Crippen molar-refractivity contribution < 1.29 is 13.9 Å². The maximum absolute atomic E-state index is 13.2. The maximum atomic E-state index is 13.2. The Balaban J connectivity index is 2.96. The van der Waals surface area contributed by atoms with Gasteiger partial charge in [0, 0.05) is 7.11 Å². The molecule has 1 aromatic rings. The van der Waals surface area contributed by atoms with Gasteiger partial charge in [-0.25, -0.2) is 4.39 Å². The lowest BCUT2D eigenvalue weighted by molar-refractivity contribution is 0.0860. The van der Waals surface area contributed by atoms with Crippen molar-refractivity contribution in [3.05, 3.63) is 34.6 Å². The first kappa shape index (κ1) is 14.4. The first-order valence-electron chi connectivity index (χ1n) is 5.10. The highest BCUT2D eigenvalue weighted by molar-refractivity contribution is 6.34. The van der Waals surface area contributed by atoms with Gasteiger partial charge in [0.05, 0.1) is 23.3 Å². The minimum atomic E-state index is -1.19. The van der Waals surface area contributed by atoms with E-state index in [0.717, 1.165) is 6.07 Å². The molecule has 0 saturated carbocycles. The van der Waals surface area contributed by atoms with Crippen LogP contribution in [0, 0.1) is 17.1 Å². The molecule has 1 atom stereocenters. The summed E-state index contributed by atoms with van der Waals surface area (Å²) in [5, 5.41) is 11.2. The Hall–Kier alpha value is -1.64. The van der Waals surface area contributed by atoms with Gasteiger partial charge in [-0.3, -0.25) is 4.79 Å². The zero-order valence-corrected chi connectivity index (χ0v) is 10.7. The van der Waals surface area contributed by atoms with Crippen LogP contribution in [0.15, 0.2) is 18.2 Å². The SMILES string of the molecule is COCC(C)(C#N)NC(=O)c1cccc(F)c1Cl. The molecule has 0 bridgehead atoms. The summed E-state index contributed by atoms with van der Waals surface area (Å²) in [6.07, 6.45) is 0. The second-order valence-electron chi connectivity index (χ2n) is 3.93. The number of nitrogens with one attached hydrogen (secondary N) is 1. The van der Waals surface area contributed by atoms with Gasteiger partial charge in [-0.15, -0.1) is 0 Å². The number of methoxy groups -OCH3 is 1. The number of amides is 1. The molecule has 0 aliphatic rings. The van der Waals surface area contributed by atoms with Crippen molar-refractivity contribution in [3.8, 4) is 6.07 Å². The highest BCUT2D eigenvalue weighted by Crippen LogP contribution is 2.20. The molecular weight excluding hydrogens is 259 g/mol. The minimum Gasteiger partial charge on any atom is -0.381 e. The van der Waals surface area contributed by atoms with Gasteiger partial charge in [0.15, 0.2) is 0 Å². The van der Waals surface area contributed by atoms with Crippen molar-refractivity contribution in [2.24, 2.45) is 0 Å². The topological polar surface area (TPSA) is 62.1 Å². The zero-order chi connectivity index (χ0) is 13.8. The van der Waals surface area contributed by atoms with E-state index in [0.29, 0.717) is 0 Å². The maximum Gasteiger partial charge on any atom is 0.254 e. The van der Waals surface area contributed by atoms with E-state index < -0.39 is 17.3 Å². The van der Waals surface area contributed by atoms with E-state index in [1.54, 1.807) is 0 Å². The summed E-state index contributed by atoms with van der Waals surface area (Å²) in [7, 11) is 1.41. The number of rotatable bonds is 4. The molecule has 0 heterocycles. The summed E-state index contributed by atoms with van der Waals surface area (Å²) >= 11 is 5.69. The van der Waals surface area contributed by atoms with E-state index in [1.807, 2.05) is 6.07 Å². The average Bonchev–Trinajstić information content (AvgIpc) is 2.32. The number of carbonyl (C=O) groups is 1. The van der Waals surface area contributed by atoms with Crippen molar-refractivity contribution in [2.45, 2.75) is 12.5 Å². The lowest BCUT2D eigenvalue weighted by Crippen LogP contribution is -2.48. The van der Waals surface area contributed by atoms with Crippen LogP contribution >= 0.6 is 11.6 Å². The smallest absolute Gasteiger partial charge is 0.254 e. The van der Waals surface area contributed by atoms with Gasteiger partial charge in [-0.05, 0) is 19.1 Å². The largest absolute Gasteiger partial charge is 0.381 e. The van der Waals surface area contributed by atoms with Crippen molar-refractivity contribution in [3.63, 3.8) is 0 Å². The van der Waals surface area contributed by atoms with Crippen LogP contribution in [0.1, 0.15) is 17.3 Å². The second-order valence-corrected chi connectivity index (χ2v) is 4.31. The van der Waals surface area contributed by atoms with Crippen molar-refractivity contribution in [1.82, 2.24) is 5.32 Å². The van der Waals surface area contributed by atoms with E-state index in [-0.39, 0.29) is 17.2 Å². The van der Waals surface area contributed by atoms with Gasteiger partial charge >= 0.3 is 0 Å². The lowest BCUT2D eigenvalue weighted by atomic mass is 10.1. The van der Waals surface area contributed by atoms with Crippen LogP contribution in [0.4, 0.5) is 4.39 Å². The van der Waals surface area contributed by atoms with Gasteiger partial charge < -0.3 is 10.1 Å². The first-order chi connectivity index (χ1) is 8.43. The molecule has 0 saturated heterocycles. The van der Waals surface area contributed by atoms with Crippen LogP contribution in [0.3, 0.4) is 0 Å². The fourth-order valence-electron chi connectivity index (χ4n) is 1.38. The highest BCUT2D eigenvalue weighted by Gasteiger charge is 2.27. The molecule has 1 N–H and O–H groups in total. The fraction of sp³-hybridized carbons (Fsp3) is 0.333. The third-order valence-corrected chi connectivity index (χ3v) is 2.65. The Morgan fingerprint density at radius 2 is 2.33 bits per heavy atom. The molecule has 96 valence electrons. The minimum absolute atomic E-state index is 0.0160. The van der Waals surface area contributed by atoms with E-state index in [2.05, 4.69) is 5.32 Å². The Morgan fingerprint density at radius 1 is 1.67 bits per heavy atom. The van der Waals surface area contributed by atoms with Crippen molar-refractivity contribution in [1.29, 1.82) is 5.26 Å². The summed E-state index contributed by atoms with van der Waals surface area (Å²) in [5.74, 6) is -1.31. The van der Waals surface area contributed by atoms with Crippen LogP contribution in [0.2, 0.25) is 5.02 Å². The molecule has 0 aliphatic carbocycles. The summed E-state index contributed by atoms with van der Waals surface area (Å²) in [5.41, 5.74) is -1.21. The number of carbonyl (C=O) groups excluding carboxylic acids is 1. The van der Waals surface area contributed by atoms with Crippen LogP contribution < -0.4 is 5.32 Å². The lowest BCUT2D eigenvalue weighted by Gasteiger charge is -2.22. The Kier molecular flexibility index (Phi) is 4.65. The molecule has 1 rings (SSSR count). The van der Waals surface area contributed by atoms with Crippen molar-refractivity contribution in [2.75, 3.05) is 13.7 Å². The molecule has 0 aliphatic heterocycles.